The van der Waals surface area contributed by atoms with Crippen molar-refractivity contribution in [3.63, 3.8) is 0 Å². The molecular formula is C10H14N2O. The molecule has 0 saturated heterocycles. The first-order valence-electron chi connectivity index (χ1n) is 4.25. The Labute approximate surface area is 78.2 Å². The van der Waals surface area contributed by atoms with Gasteiger partial charge >= 0.3 is 0 Å². The first-order valence-corrected chi connectivity index (χ1v) is 4.25. The second-order valence-electron chi connectivity index (χ2n) is 3.08. The van der Waals surface area contributed by atoms with E-state index in [1.54, 1.807) is 25.4 Å². The van der Waals surface area contributed by atoms with E-state index >= 15 is 0 Å². The fourth-order valence-electron chi connectivity index (χ4n) is 1.24. The fourth-order valence-corrected chi connectivity index (χ4v) is 1.24. The number of allylic oxidation sites excluding steroid dienone is 1. The smallest absolute Gasteiger partial charge is 0.0869 e. The van der Waals surface area contributed by atoms with Crippen molar-refractivity contribution < 1.29 is 5.11 Å². The number of aliphatic hydroxyl groups excluding tert-OH is 1. The quantitative estimate of drug-likeness (QED) is 0.747. The molecule has 1 rings (SSSR count). The van der Waals surface area contributed by atoms with E-state index in [1.807, 2.05) is 13.8 Å². The van der Waals surface area contributed by atoms with Crippen LogP contribution in [0.15, 0.2) is 18.5 Å². The monoisotopic (exact) mass is 178 g/mol. The molecule has 0 amide bonds. The predicted octanol–water partition coefficient (Wildman–Crippen LogP) is 1.57. The third-order valence-electron chi connectivity index (χ3n) is 1.75. The van der Waals surface area contributed by atoms with E-state index < -0.39 is 6.10 Å². The Morgan fingerprint density at radius 1 is 1.46 bits per heavy atom. The molecule has 1 atom stereocenters. The molecule has 0 aromatic carbocycles. The number of hydrogen-bond acceptors (Lipinski definition) is 3. The van der Waals surface area contributed by atoms with Crippen molar-refractivity contribution >= 4 is 5.57 Å². The maximum atomic E-state index is 9.15. The third-order valence-corrected chi connectivity index (χ3v) is 1.75. The molecule has 0 saturated carbocycles. The Kier molecular flexibility index (Phi) is 3.14. The molecule has 3 heteroatoms. The van der Waals surface area contributed by atoms with Gasteiger partial charge in [0.1, 0.15) is 0 Å². The number of nitrogens with zero attached hydrogens (tertiary/aromatic N) is 2. The first kappa shape index (κ1) is 9.86. The minimum atomic E-state index is -0.443. The van der Waals surface area contributed by atoms with E-state index in [9.17, 15) is 0 Å². The Hall–Kier alpha value is -1.22. The van der Waals surface area contributed by atoms with Crippen LogP contribution < -0.4 is 0 Å². The highest BCUT2D eigenvalue weighted by Gasteiger charge is 2.02. The maximum Gasteiger partial charge on any atom is 0.0869 e. The zero-order valence-corrected chi connectivity index (χ0v) is 8.15. The van der Waals surface area contributed by atoms with Gasteiger partial charge in [0, 0.05) is 12.4 Å². The van der Waals surface area contributed by atoms with Crippen LogP contribution in [0.1, 0.15) is 25.2 Å². The average molecular weight is 178 g/mol. The summed E-state index contributed by atoms with van der Waals surface area (Å²) in [5, 5.41) is 9.15. The van der Waals surface area contributed by atoms with Crippen LogP contribution in [0.2, 0.25) is 0 Å². The van der Waals surface area contributed by atoms with Gasteiger partial charge in [-0.15, -0.1) is 0 Å². The third kappa shape index (κ3) is 2.63. The predicted molar refractivity (Wildman–Crippen MR) is 52.1 cm³/mol. The second kappa shape index (κ2) is 4.14. The van der Waals surface area contributed by atoms with Gasteiger partial charge in [-0.2, -0.15) is 0 Å². The Morgan fingerprint density at radius 3 is 2.62 bits per heavy atom. The summed E-state index contributed by atoms with van der Waals surface area (Å²) < 4.78 is 0. The summed E-state index contributed by atoms with van der Waals surface area (Å²) in [5.41, 5.74) is 2.70. The zero-order valence-electron chi connectivity index (χ0n) is 8.15. The Morgan fingerprint density at radius 2 is 2.08 bits per heavy atom. The largest absolute Gasteiger partial charge is 0.389 e. The Balaban J connectivity index is 3.02. The van der Waals surface area contributed by atoms with Gasteiger partial charge in [0.25, 0.3) is 0 Å². The standard InChI is InChI=1S/C10H14N2O/c1-7(6-8(2)13)10-9(3)11-4-5-12-10/h4-6,8,13H,1-3H3/b7-6-. The first-order chi connectivity index (χ1) is 6.11. The molecule has 1 unspecified atom stereocenters. The molecule has 1 aromatic rings. The average Bonchev–Trinajstić information content (AvgIpc) is 2.03. The van der Waals surface area contributed by atoms with Crippen molar-refractivity contribution in [3.8, 4) is 0 Å². The van der Waals surface area contributed by atoms with Gasteiger partial charge in [-0.3, -0.25) is 9.97 Å². The molecule has 13 heavy (non-hydrogen) atoms. The van der Waals surface area contributed by atoms with Gasteiger partial charge in [0.05, 0.1) is 17.5 Å². The van der Waals surface area contributed by atoms with Gasteiger partial charge in [-0.25, -0.2) is 0 Å². The lowest BCUT2D eigenvalue weighted by Gasteiger charge is -2.04. The van der Waals surface area contributed by atoms with Gasteiger partial charge in [-0.05, 0) is 26.3 Å². The second-order valence-corrected chi connectivity index (χ2v) is 3.08. The van der Waals surface area contributed by atoms with Crippen molar-refractivity contribution in [2.45, 2.75) is 26.9 Å². The summed E-state index contributed by atoms with van der Waals surface area (Å²) in [6, 6.07) is 0. The molecule has 0 aliphatic rings. The van der Waals surface area contributed by atoms with Gasteiger partial charge < -0.3 is 5.11 Å². The summed E-state index contributed by atoms with van der Waals surface area (Å²) in [5.74, 6) is 0. The lowest BCUT2D eigenvalue weighted by Crippen LogP contribution is -1.98. The van der Waals surface area contributed by atoms with E-state index in [1.165, 1.54) is 0 Å². The number of aryl methyl sites for hydroxylation is 1. The molecule has 1 aromatic heterocycles. The lowest BCUT2D eigenvalue weighted by molar-refractivity contribution is 0.244. The normalized spacial score (nSPS) is 14.3. The van der Waals surface area contributed by atoms with E-state index in [0.717, 1.165) is 17.0 Å². The number of aromatic nitrogens is 2. The van der Waals surface area contributed by atoms with E-state index in [4.69, 9.17) is 5.11 Å². The minimum Gasteiger partial charge on any atom is -0.389 e. The maximum absolute atomic E-state index is 9.15. The van der Waals surface area contributed by atoms with Crippen molar-refractivity contribution in [2.75, 3.05) is 0 Å². The van der Waals surface area contributed by atoms with Crippen LogP contribution in [-0.4, -0.2) is 21.2 Å². The SMILES string of the molecule is C/C(=C/C(C)O)c1nccnc1C. The highest BCUT2D eigenvalue weighted by Crippen LogP contribution is 2.13. The van der Waals surface area contributed by atoms with Crippen LogP contribution >= 0.6 is 0 Å². The van der Waals surface area contributed by atoms with Crippen molar-refractivity contribution in [2.24, 2.45) is 0 Å². The van der Waals surface area contributed by atoms with Crippen molar-refractivity contribution in [1.29, 1.82) is 0 Å². The molecule has 0 aliphatic heterocycles. The molecule has 0 bridgehead atoms. The Bertz CT molecular complexity index is 318. The zero-order chi connectivity index (χ0) is 9.84. The summed E-state index contributed by atoms with van der Waals surface area (Å²) >= 11 is 0. The minimum absolute atomic E-state index is 0.443. The van der Waals surface area contributed by atoms with Crippen LogP contribution in [0.3, 0.4) is 0 Å². The number of aliphatic hydroxyl groups is 1. The van der Waals surface area contributed by atoms with E-state index in [0.29, 0.717) is 0 Å². The molecule has 0 fully saturated rings. The van der Waals surface area contributed by atoms with Crippen LogP contribution in [0.25, 0.3) is 5.57 Å². The van der Waals surface area contributed by atoms with Gasteiger partial charge in [0.2, 0.25) is 0 Å². The van der Waals surface area contributed by atoms with E-state index in [-0.39, 0.29) is 0 Å². The van der Waals surface area contributed by atoms with Crippen LogP contribution in [-0.2, 0) is 0 Å². The summed E-state index contributed by atoms with van der Waals surface area (Å²) in [6.45, 7) is 5.54. The van der Waals surface area contributed by atoms with Gasteiger partial charge in [0.15, 0.2) is 0 Å². The van der Waals surface area contributed by atoms with Crippen LogP contribution in [0.5, 0.6) is 0 Å². The van der Waals surface area contributed by atoms with Crippen LogP contribution in [0, 0.1) is 6.92 Å². The number of rotatable bonds is 2. The van der Waals surface area contributed by atoms with Crippen molar-refractivity contribution in [1.82, 2.24) is 9.97 Å². The molecule has 1 heterocycles. The molecule has 0 spiro atoms. The molecular weight excluding hydrogens is 164 g/mol. The molecule has 0 radical (unpaired) electrons. The topological polar surface area (TPSA) is 46.0 Å². The van der Waals surface area contributed by atoms with Crippen molar-refractivity contribution in [3.05, 3.63) is 29.9 Å². The van der Waals surface area contributed by atoms with Crippen LogP contribution in [0.4, 0.5) is 0 Å². The molecule has 70 valence electrons. The molecule has 3 nitrogen and oxygen atoms in total. The summed E-state index contributed by atoms with van der Waals surface area (Å²) in [7, 11) is 0. The highest BCUT2D eigenvalue weighted by atomic mass is 16.3. The highest BCUT2D eigenvalue weighted by molar-refractivity contribution is 5.62. The molecule has 1 N–H and O–H groups in total. The number of hydrogen-bond donors (Lipinski definition) is 1. The van der Waals surface area contributed by atoms with E-state index in [2.05, 4.69) is 9.97 Å². The van der Waals surface area contributed by atoms with Gasteiger partial charge in [-0.1, -0.05) is 6.08 Å². The lowest BCUT2D eigenvalue weighted by atomic mass is 10.1. The fraction of sp³-hybridized carbons (Fsp3) is 0.400. The molecule has 0 aliphatic carbocycles. The summed E-state index contributed by atoms with van der Waals surface area (Å²) in [6.07, 6.45) is 4.63. The summed E-state index contributed by atoms with van der Waals surface area (Å²) in [4.78, 5) is 8.31.